The van der Waals surface area contributed by atoms with Gasteiger partial charge in [-0.1, -0.05) is 43.4 Å². The molecule has 0 spiro atoms. The van der Waals surface area contributed by atoms with E-state index in [1.165, 1.54) is 23.7 Å². The van der Waals surface area contributed by atoms with Crippen LogP contribution in [0, 0.1) is 0 Å². The van der Waals surface area contributed by atoms with Crippen molar-refractivity contribution in [2.75, 3.05) is 0 Å². The van der Waals surface area contributed by atoms with Crippen molar-refractivity contribution >= 4 is 21.6 Å². The lowest BCUT2D eigenvalue weighted by atomic mass is 10.3. The van der Waals surface area contributed by atoms with Crippen LogP contribution in [0.15, 0.2) is 24.3 Å². The van der Waals surface area contributed by atoms with Gasteiger partial charge in [-0.15, -0.1) is 0 Å². The van der Waals surface area contributed by atoms with Crippen LogP contribution in [0.2, 0.25) is 38.3 Å². The summed E-state index contributed by atoms with van der Waals surface area (Å²) < 4.78 is 6.16. The summed E-state index contributed by atoms with van der Waals surface area (Å²) in [5, 5.41) is 1.51. The van der Waals surface area contributed by atoms with Gasteiger partial charge in [-0.25, -0.2) is 0 Å². The van der Waals surface area contributed by atoms with E-state index in [4.69, 9.17) is 4.43 Å². The van der Waals surface area contributed by atoms with Gasteiger partial charge in [-0.05, 0) is 30.8 Å². The summed E-state index contributed by atoms with van der Waals surface area (Å²) in [4.78, 5) is 0. The van der Waals surface area contributed by atoms with E-state index in [0.717, 1.165) is 5.75 Å². The molecule has 1 aromatic carbocycles. The minimum absolute atomic E-state index is 1.09. The van der Waals surface area contributed by atoms with Crippen molar-refractivity contribution < 1.29 is 4.43 Å². The van der Waals surface area contributed by atoms with Gasteiger partial charge in [0.1, 0.15) is 5.75 Å². The van der Waals surface area contributed by atoms with Crippen LogP contribution in [0.4, 0.5) is 0 Å². The molecular weight excluding hydrogens is 228 g/mol. The van der Waals surface area contributed by atoms with Crippen LogP contribution in [-0.2, 0) is 0 Å². The molecule has 0 N–H and O–H groups in total. The van der Waals surface area contributed by atoms with E-state index < -0.39 is 16.4 Å². The predicted molar refractivity (Wildman–Crippen MR) is 75.9 cm³/mol. The molecule has 0 amide bonds. The van der Waals surface area contributed by atoms with Gasteiger partial charge in [0.05, 0.1) is 8.07 Å². The molecule has 0 bridgehead atoms. The molecule has 1 aliphatic rings. The molecule has 1 heterocycles. The summed E-state index contributed by atoms with van der Waals surface area (Å²) in [5.41, 5.74) is 0. The minimum Gasteiger partial charge on any atom is -0.544 e. The zero-order valence-corrected chi connectivity index (χ0v) is 12.8. The fourth-order valence-corrected chi connectivity index (χ4v) is 5.51. The quantitative estimate of drug-likeness (QED) is 0.745. The molecule has 3 heteroatoms. The maximum absolute atomic E-state index is 6.16. The Bertz CT molecular complexity index is 361. The maximum atomic E-state index is 6.16. The monoisotopic (exact) mass is 250 g/mol. The largest absolute Gasteiger partial charge is 0.544 e. The van der Waals surface area contributed by atoms with Crippen molar-refractivity contribution in [1.29, 1.82) is 0 Å². The summed E-state index contributed by atoms with van der Waals surface area (Å²) in [6.45, 7) is 9.49. The van der Waals surface area contributed by atoms with Crippen molar-refractivity contribution in [2.45, 2.75) is 44.7 Å². The molecule has 0 radical (unpaired) electrons. The van der Waals surface area contributed by atoms with E-state index in [0.29, 0.717) is 0 Å². The number of hydrogen-bond acceptors (Lipinski definition) is 1. The lowest BCUT2D eigenvalue weighted by molar-refractivity contribution is 0.507. The van der Waals surface area contributed by atoms with Crippen molar-refractivity contribution in [3.8, 4) is 5.75 Å². The predicted octanol–water partition coefficient (Wildman–Crippen LogP) is 3.59. The van der Waals surface area contributed by atoms with Crippen LogP contribution in [0.3, 0.4) is 0 Å². The minimum atomic E-state index is -1.29. The van der Waals surface area contributed by atoms with Crippen molar-refractivity contribution in [1.82, 2.24) is 0 Å². The first kappa shape index (κ1) is 11.9. The molecule has 0 saturated carbocycles. The molecule has 0 atom stereocenters. The first-order valence-corrected chi connectivity index (χ1v) is 12.5. The standard InChI is InChI=1S/C13H22OSi2/c1-15(2,3)13-8-6-12(7-9-13)14-16(4)10-5-11-16/h6-9H,5,10-11H2,1-4H3. The fourth-order valence-electron chi connectivity index (χ4n) is 2.08. The van der Waals surface area contributed by atoms with Gasteiger partial charge in [0, 0.05) is 0 Å². The van der Waals surface area contributed by atoms with Gasteiger partial charge in [0.2, 0.25) is 8.32 Å². The Morgan fingerprint density at radius 2 is 1.62 bits per heavy atom. The third-order valence-corrected chi connectivity index (χ3v) is 9.11. The van der Waals surface area contributed by atoms with Crippen LogP contribution in [0.1, 0.15) is 6.42 Å². The molecule has 0 unspecified atom stereocenters. The highest BCUT2D eigenvalue weighted by atomic mass is 28.4. The highest BCUT2D eigenvalue weighted by Crippen LogP contribution is 2.33. The van der Waals surface area contributed by atoms with Crippen molar-refractivity contribution in [3.63, 3.8) is 0 Å². The Kier molecular flexibility index (Phi) is 3.01. The average molecular weight is 250 g/mol. The first-order valence-electron chi connectivity index (χ1n) is 6.19. The molecule has 0 aliphatic carbocycles. The SMILES string of the molecule is C[Si]1(Oc2ccc([Si](C)(C)C)cc2)CCC1. The molecule has 1 fully saturated rings. The molecule has 2 rings (SSSR count). The molecule has 1 aliphatic heterocycles. The molecule has 1 aromatic rings. The Balaban J connectivity index is 2.08. The maximum Gasteiger partial charge on any atom is 0.248 e. The molecule has 88 valence electrons. The summed E-state index contributed by atoms with van der Waals surface area (Å²) in [6, 6.07) is 11.5. The third kappa shape index (κ3) is 2.58. The van der Waals surface area contributed by atoms with Crippen LogP contribution in [0.25, 0.3) is 0 Å². The number of rotatable bonds is 3. The zero-order valence-electron chi connectivity index (χ0n) is 10.8. The highest BCUT2D eigenvalue weighted by Gasteiger charge is 2.38. The van der Waals surface area contributed by atoms with Gasteiger partial charge in [-0.2, -0.15) is 0 Å². The second-order valence-corrected chi connectivity index (χ2v) is 15.4. The van der Waals surface area contributed by atoms with Gasteiger partial charge >= 0.3 is 0 Å². The average Bonchev–Trinajstić information content (AvgIpc) is 2.15. The van der Waals surface area contributed by atoms with E-state index in [1.807, 2.05) is 0 Å². The van der Waals surface area contributed by atoms with Crippen LogP contribution >= 0.6 is 0 Å². The lowest BCUT2D eigenvalue weighted by Crippen LogP contribution is -2.44. The van der Waals surface area contributed by atoms with Gasteiger partial charge < -0.3 is 4.43 Å². The normalized spacial score (nSPS) is 19.0. The smallest absolute Gasteiger partial charge is 0.248 e. The summed E-state index contributed by atoms with van der Waals surface area (Å²) in [6.07, 6.45) is 1.37. The van der Waals surface area contributed by atoms with E-state index in [-0.39, 0.29) is 0 Å². The van der Waals surface area contributed by atoms with E-state index in [9.17, 15) is 0 Å². The van der Waals surface area contributed by atoms with Crippen LogP contribution in [0.5, 0.6) is 5.75 Å². The van der Waals surface area contributed by atoms with Gasteiger partial charge in [0.15, 0.2) is 0 Å². The van der Waals surface area contributed by atoms with Gasteiger partial charge in [0.25, 0.3) is 0 Å². The van der Waals surface area contributed by atoms with Crippen LogP contribution < -0.4 is 9.61 Å². The number of hydrogen-bond donors (Lipinski definition) is 0. The second kappa shape index (κ2) is 4.04. The highest BCUT2D eigenvalue weighted by molar-refractivity contribution is 6.88. The summed E-state index contributed by atoms with van der Waals surface area (Å²) in [7, 11) is -2.44. The van der Waals surface area contributed by atoms with Gasteiger partial charge in [-0.3, -0.25) is 0 Å². The first-order chi connectivity index (χ1) is 7.39. The molecule has 16 heavy (non-hydrogen) atoms. The topological polar surface area (TPSA) is 9.23 Å². The van der Waals surface area contributed by atoms with Crippen LogP contribution in [-0.4, -0.2) is 16.4 Å². The van der Waals surface area contributed by atoms with E-state index in [1.54, 1.807) is 0 Å². The summed E-state index contributed by atoms with van der Waals surface area (Å²) >= 11 is 0. The Hall–Kier alpha value is -0.546. The van der Waals surface area contributed by atoms with E-state index in [2.05, 4.69) is 50.5 Å². The van der Waals surface area contributed by atoms with Crippen molar-refractivity contribution in [3.05, 3.63) is 24.3 Å². The molecule has 1 saturated heterocycles. The van der Waals surface area contributed by atoms with Crippen molar-refractivity contribution in [2.24, 2.45) is 0 Å². The summed E-state index contributed by atoms with van der Waals surface area (Å²) in [5.74, 6) is 1.09. The second-order valence-electron chi connectivity index (χ2n) is 6.18. The molecule has 1 nitrogen and oxygen atoms in total. The molecule has 0 aromatic heterocycles. The Morgan fingerprint density at radius 3 is 2.00 bits per heavy atom. The third-order valence-electron chi connectivity index (χ3n) is 3.50. The van der Waals surface area contributed by atoms with E-state index >= 15 is 0 Å². The fraction of sp³-hybridized carbons (Fsp3) is 0.538. The Morgan fingerprint density at radius 1 is 1.06 bits per heavy atom. The molecular formula is C13H22OSi2. The number of benzene rings is 1. The zero-order chi connectivity index (χ0) is 11.8. The Labute approximate surface area is 101 Å². The lowest BCUT2D eigenvalue weighted by Gasteiger charge is -2.35.